The molecule has 9 heteroatoms. The van der Waals surface area contributed by atoms with E-state index in [1.807, 2.05) is 18.2 Å². The Morgan fingerprint density at radius 1 is 1.13 bits per heavy atom. The fraction of sp³-hybridized carbons (Fsp3) is 0.333. The normalized spacial score (nSPS) is 11.5. The van der Waals surface area contributed by atoms with E-state index in [9.17, 15) is 4.79 Å². The lowest BCUT2D eigenvalue weighted by molar-refractivity contribution is -0.142. The number of carbonyl (C=O) groups excluding carboxylic acids is 1. The SMILES string of the molecule is CCOC(=O)Cc1ccc(OC)cc1OCc1cc(-c2ccnc(CNSC(C)(C)C)c2F)c2occc2c1. The van der Waals surface area contributed by atoms with Crippen molar-refractivity contribution in [3.05, 3.63) is 77.6 Å². The monoisotopic (exact) mass is 552 g/mol. The van der Waals surface area contributed by atoms with Gasteiger partial charge in [-0.15, -0.1) is 0 Å². The highest BCUT2D eigenvalue weighted by molar-refractivity contribution is 7.98. The molecule has 0 unspecified atom stereocenters. The Labute approximate surface area is 232 Å². The van der Waals surface area contributed by atoms with Crippen LogP contribution in [-0.2, 0) is 29.1 Å². The van der Waals surface area contributed by atoms with Crippen molar-refractivity contribution in [1.82, 2.24) is 9.71 Å². The molecule has 39 heavy (non-hydrogen) atoms. The average molecular weight is 553 g/mol. The van der Waals surface area contributed by atoms with E-state index in [2.05, 4.69) is 30.5 Å². The third kappa shape index (κ3) is 7.30. The smallest absolute Gasteiger partial charge is 0.310 e. The molecule has 0 amide bonds. The molecular weight excluding hydrogens is 519 g/mol. The molecule has 0 bridgehead atoms. The summed E-state index contributed by atoms with van der Waals surface area (Å²) in [4.78, 5) is 16.4. The number of benzene rings is 2. The van der Waals surface area contributed by atoms with Crippen molar-refractivity contribution in [2.45, 2.75) is 52.0 Å². The van der Waals surface area contributed by atoms with Crippen molar-refractivity contribution in [3.8, 4) is 22.6 Å². The summed E-state index contributed by atoms with van der Waals surface area (Å²) < 4.78 is 41.2. The van der Waals surface area contributed by atoms with Crippen LogP contribution in [0.4, 0.5) is 4.39 Å². The van der Waals surface area contributed by atoms with Crippen molar-refractivity contribution in [1.29, 1.82) is 0 Å². The topological polar surface area (TPSA) is 82.8 Å². The molecule has 0 aliphatic heterocycles. The Kier molecular flexibility index (Phi) is 9.14. The first-order chi connectivity index (χ1) is 18.7. The zero-order valence-corrected chi connectivity index (χ0v) is 23.6. The lowest BCUT2D eigenvalue weighted by Gasteiger charge is -2.18. The van der Waals surface area contributed by atoms with E-state index in [0.29, 0.717) is 46.1 Å². The second-order valence-corrected chi connectivity index (χ2v) is 11.6. The lowest BCUT2D eigenvalue weighted by Crippen LogP contribution is -2.18. The van der Waals surface area contributed by atoms with Crippen molar-refractivity contribution < 1.29 is 27.8 Å². The number of carbonyl (C=O) groups is 1. The van der Waals surface area contributed by atoms with E-state index in [0.717, 1.165) is 10.9 Å². The Morgan fingerprint density at radius 3 is 2.69 bits per heavy atom. The summed E-state index contributed by atoms with van der Waals surface area (Å²) in [5.41, 5.74) is 3.40. The number of pyridine rings is 1. The van der Waals surface area contributed by atoms with Gasteiger partial charge in [-0.05, 0) is 63.6 Å². The van der Waals surface area contributed by atoms with E-state index >= 15 is 4.39 Å². The van der Waals surface area contributed by atoms with Crippen LogP contribution in [0.1, 0.15) is 44.5 Å². The minimum atomic E-state index is -0.403. The quantitative estimate of drug-likeness (QED) is 0.160. The molecule has 2 aromatic heterocycles. The molecule has 4 aromatic rings. The molecule has 0 atom stereocenters. The molecule has 0 radical (unpaired) electrons. The standard InChI is InChI=1S/C30H33FN2O5S/c1-6-36-27(34)15-20-7-8-22(35-5)16-26(20)38-18-19-13-21-10-12-37-29(21)24(14-19)23-9-11-32-25(28(23)31)17-33-39-30(2,3)4/h7-14,16,33H,6,15,17-18H2,1-5H3. The van der Waals surface area contributed by atoms with Crippen LogP contribution in [0.3, 0.4) is 0 Å². The minimum absolute atomic E-state index is 0.0122. The number of nitrogens with zero attached hydrogens (tertiary/aromatic N) is 1. The summed E-state index contributed by atoms with van der Waals surface area (Å²) in [6.45, 7) is 8.78. The first-order valence-corrected chi connectivity index (χ1v) is 13.5. The molecule has 0 fully saturated rings. The van der Waals surface area contributed by atoms with Gasteiger partial charge in [-0.1, -0.05) is 18.0 Å². The Balaban J connectivity index is 1.62. The first-order valence-electron chi connectivity index (χ1n) is 12.7. The van der Waals surface area contributed by atoms with Crippen LogP contribution in [0.2, 0.25) is 0 Å². The number of hydrogen-bond acceptors (Lipinski definition) is 8. The number of nitrogens with one attached hydrogen (secondary N) is 1. The minimum Gasteiger partial charge on any atom is -0.497 e. The zero-order valence-electron chi connectivity index (χ0n) is 22.8. The number of fused-ring (bicyclic) bond motifs is 1. The van der Waals surface area contributed by atoms with Crippen LogP contribution in [0.25, 0.3) is 22.1 Å². The van der Waals surface area contributed by atoms with Crippen LogP contribution in [0, 0.1) is 5.82 Å². The maximum absolute atomic E-state index is 15.7. The van der Waals surface area contributed by atoms with E-state index in [-0.39, 0.29) is 30.3 Å². The molecule has 0 saturated carbocycles. The summed E-state index contributed by atoms with van der Waals surface area (Å²) in [5, 5.41) is 0.822. The molecule has 0 aliphatic rings. The molecule has 1 N–H and O–H groups in total. The highest BCUT2D eigenvalue weighted by Gasteiger charge is 2.18. The van der Waals surface area contributed by atoms with Crippen molar-refractivity contribution >= 4 is 28.9 Å². The van der Waals surface area contributed by atoms with E-state index in [1.165, 1.54) is 11.9 Å². The zero-order chi connectivity index (χ0) is 28.0. The third-order valence-electron chi connectivity index (χ3n) is 5.79. The maximum Gasteiger partial charge on any atom is 0.310 e. The number of hydrogen-bond donors (Lipinski definition) is 1. The van der Waals surface area contributed by atoms with Gasteiger partial charge in [-0.3, -0.25) is 14.5 Å². The van der Waals surface area contributed by atoms with Crippen molar-refractivity contribution in [2.24, 2.45) is 0 Å². The summed E-state index contributed by atoms with van der Waals surface area (Å²) >= 11 is 1.53. The molecule has 2 heterocycles. The molecule has 0 spiro atoms. The van der Waals surface area contributed by atoms with Gasteiger partial charge >= 0.3 is 5.97 Å². The van der Waals surface area contributed by atoms with Gasteiger partial charge in [0.1, 0.15) is 23.7 Å². The van der Waals surface area contributed by atoms with Gasteiger partial charge in [0.2, 0.25) is 0 Å². The van der Waals surface area contributed by atoms with Gasteiger partial charge in [-0.2, -0.15) is 0 Å². The molecule has 7 nitrogen and oxygen atoms in total. The molecule has 0 aliphatic carbocycles. The fourth-order valence-corrected chi connectivity index (χ4v) is 4.68. The van der Waals surface area contributed by atoms with Gasteiger partial charge in [0.25, 0.3) is 0 Å². The fourth-order valence-electron chi connectivity index (χ4n) is 4.04. The second kappa shape index (κ2) is 12.5. The van der Waals surface area contributed by atoms with Gasteiger partial charge in [0.05, 0.1) is 38.6 Å². The summed E-state index contributed by atoms with van der Waals surface area (Å²) in [7, 11) is 1.57. The molecule has 2 aromatic carbocycles. The van der Waals surface area contributed by atoms with Gasteiger partial charge in [0, 0.05) is 39.1 Å². The summed E-state index contributed by atoms with van der Waals surface area (Å²) in [6.07, 6.45) is 3.26. The van der Waals surface area contributed by atoms with E-state index in [4.69, 9.17) is 18.6 Å². The van der Waals surface area contributed by atoms with Crippen molar-refractivity contribution in [2.75, 3.05) is 13.7 Å². The largest absolute Gasteiger partial charge is 0.497 e. The predicted molar refractivity (Wildman–Crippen MR) is 151 cm³/mol. The van der Waals surface area contributed by atoms with Gasteiger partial charge in [0.15, 0.2) is 5.82 Å². The van der Waals surface area contributed by atoms with Crippen molar-refractivity contribution in [3.63, 3.8) is 0 Å². The van der Waals surface area contributed by atoms with E-state index in [1.54, 1.807) is 50.8 Å². The lowest BCUT2D eigenvalue weighted by atomic mass is 10.00. The van der Waals surface area contributed by atoms with Gasteiger partial charge in [-0.25, -0.2) is 4.39 Å². The predicted octanol–water partition coefficient (Wildman–Crippen LogP) is 6.86. The van der Waals surface area contributed by atoms with Crippen LogP contribution in [-0.4, -0.2) is 29.4 Å². The number of aromatic nitrogens is 1. The van der Waals surface area contributed by atoms with E-state index < -0.39 is 5.82 Å². The van der Waals surface area contributed by atoms with Crippen LogP contribution >= 0.6 is 11.9 Å². The number of ether oxygens (including phenoxy) is 3. The Hall–Kier alpha value is -3.56. The number of methoxy groups -OCH3 is 1. The Bertz CT molecular complexity index is 1450. The van der Waals surface area contributed by atoms with Crippen LogP contribution < -0.4 is 14.2 Å². The first kappa shape index (κ1) is 28.4. The number of halogens is 1. The van der Waals surface area contributed by atoms with Gasteiger partial charge < -0.3 is 18.6 Å². The second-order valence-electron chi connectivity index (χ2n) is 9.88. The summed E-state index contributed by atoms with van der Waals surface area (Å²) in [5.74, 6) is 0.373. The maximum atomic E-state index is 15.7. The number of furan rings is 1. The number of esters is 1. The highest BCUT2D eigenvalue weighted by Crippen LogP contribution is 2.34. The number of rotatable bonds is 11. The molecule has 4 rings (SSSR count). The molecular formula is C30H33FN2O5S. The molecule has 206 valence electrons. The molecule has 0 saturated heterocycles. The average Bonchev–Trinajstić information content (AvgIpc) is 3.37. The van der Waals surface area contributed by atoms with Crippen LogP contribution in [0.5, 0.6) is 11.5 Å². The summed E-state index contributed by atoms with van der Waals surface area (Å²) in [6, 6.07) is 12.6. The third-order valence-corrected chi connectivity index (χ3v) is 6.69. The van der Waals surface area contributed by atoms with Crippen LogP contribution in [0.15, 0.2) is 59.3 Å². The highest BCUT2D eigenvalue weighted by atomic mass is 32.2. The Morgan fingerprint density at radius 2 is 1.95 bits per heavy atom.